The third kappa shape index (κ3) is 1.58. The van der Waals surface area contributed by atoms with Crippen molar-refractivity contribution >= 4 is 18.5 Å². The van der Waals surface area contributed by atoms with Crippen LogP contribution in [0.2, 0.25) is 0 Å². The molecule has 0 saturated heterocycles. The Labute approximate surface area is 82.1 Å². The van der Waals surface area contributed by atoms with Crippen LogP contribution in [0, 0.1) is 0 Å². The minimum absolute atomic E-state index is 0.163. The standard InChI is InChI=1S/C9H11NO2S/c11-9-2-1-7-5-8(6-10(7)9)12-3-4-13/h5-6,13H,1-4H2. The fourth-order valence-electron chi connectivity index (χ4n) is 1.50. The summed E-state index contributed by atoms with van der Waals surface area (Å²) in [6.07, 6.45) is 3.22. The molecule has 0 fully saturated rings. The molecule has 1 aromatic rings. The first-order valence-electron chi connectivity index (χ1n) is 4.29. The van der Waals surface area contributed by atoms with Gasteiger partial charge in [0.2, 0.25) is 5.91 Å². The number of ether oxygens (including phenoxy) is 1. The van der Waals surface area contributed by atoms with Gasteiger partial charge in [-0.05, 0) is 6.42 Å². The molecule has 0 N–H and O–H groups in total. The van der Waals surface area contributed by atoms with Crippen molar-refractivity contribution < 1.29 is 9.53 Å². The highest BCUT2D eigenvalue weighted by molar-refractivity contribution is 7.80. The monoisotopic (exact) mass is 197 g/mol. The van der Waals surface area contributed by atoms with Crippen molar-refractivity contribution in [1.82, 2.24) is 4.57 Å². The lowest BCUT2D eigenvalue weighted by molar-refractivity contribution is 0.0923. The lowest BCUT2D eigenvalue weighted by Gasteiger charge is -1.99. The summed E-state index contributed by atoms with van der Waals surface area (Å²) in [5.41, 5.74) is 1.05. The first kappa shape index (κ1) is 8.69. The van der Waals surface area contributed by atoms with E-state index in [0.29, 0.717) is 18.8 Å². The second kappa shape index (κ2) is 3.46. The molecule has 1 aliphatic rings. The minimum Gasteiger partial charge on any atom is -0.491 e. The molecule has 1 aromatic heterocycles. The van der Waals surface area contributed by atoms with Gasteiger partial charge in [-0.25, -0.2) is 0 Å². The summed E-state index contributed by atoms with van der Waals surface area (Å²) in [5, 5.41) is 0. The Morgan fingerprint density at radius 2 is 2.38 bits per heavy atom. The van der Waals surface area contributed by atoms with E-state index in [-0.39, 0.29) is 5.91 Å². The number of aromatic nitrogens is 1. The molecule has 0 unspecified atom stereocenters. The van der Waals surface area contributed by atoms with Gasteiger partial charge in [0.15, 0.2) is 0 Å². The van der Waals surface area contributed by atoms with Crippen molar-refractivity contribution in [3.63, 3.8) is 0 Å². The molecule has 0 saturated carbocycles. The fourth-order valence-corrected chi connectivity index (χ4v) is 1.60. The maximum atomic E-state index is 11.2. The summed E-state index contributed by atoms with van der Waals surface area (Å²) >= 11 is 4.04. The number of fused-ring (bicyclic) bond motifs is 1. The van der Waals surface area contributed by atoms with Crippen molar-refractivity contribution in [3.05, 3.63) is 18.0 Å². The van der Waals surface area contributed by atoms with Crippen LogP contribution in [0.3, 0.4) is 0 Å². The van der Waals surface area contributed by atoms with Gasteiger partial charge in [-0.2, -0.15) is 12.6 Å². The van der Waals surface area contributed by atoms with E-state index in [2.05, 4.69) is 12.6 Å². The maximum Gasteiger partial charge on any atom is 0.231 e. The van der Waals surface area contributed by atoms with Crippen molar-refractivity contribution in [3.8, 4) is 5.75 Å². The number of rotatable bonds is 3. The average molecular weight is 197 g/mol. The number of hydrogen-bond acceptors (Lipinski definition) is 3. The molecule has 2 heterocycles. The van der Waals surface area contributed by atoms with Crippen LogP contribution in [-0.2, 0) is 6.42 Å². The van der Waals surface area contributed by atoms with Gasteiger partial charge in [0.25, 0.3) is 0 Å². The molecule has 0 aromatic carbocycles. The van der Waals surface area contributed by atoms with Crippen LogP contribution in [0.1, 0.15) is 16.9 Å². The first-order chi connectivity index (χ1) is 6.31. The molecule has 4 heteroatoms. The Balaban J connectivity index is 2.14. The molecule has 0 radical (unpaired) electrons. The highest BCUT2D eigenvalue weighted by Gasteiger charge is 2.19. The zero-order valence-electron chi connectivity index (χ0n) is 7.19. The normalized spacial score (nSPS) is 14.7. The highest BCUT2D eigenvalue weighted by atomic mass is 32.1. The summed E-state index contributed by atoms with van der Waals surface area (Å²) in [5.74, 6) is 1.63. The minimum atomic E-state index is 0.163. The molecule has 3 nitrogen and oxygen atoms in total. The van der Waals surface area contributed by atoms with Crippen molar-refractivity contribution in [2.45, 2.75) is 12.8 Å². The largest absolute Gasteiger partial charge is 0.491 e. The van der Waals surface area contributed by atoms with E-state index in [1.165, 1.54) is 0 Å². The van der Waals surface area contributed by atoms with Gasteiger partial charge in [0, 0.05) is 23.9 Å². The van der Waals surface area contributed by atoms with Crippen LogP contribution < -0.4 is 4.74 Å². The molecule has 0 aliphatic carbocycles. The van der Waals surface area contributed by atoms with E-state index < -0.39 is 0 Å². The number of nitrogens with zero attached hydrogens (tertiary/aromatic N) is 1. The van der Waals surface area contributed by atoms with Crippen LogP contribution in [0.4, 0.5) is 0 Å². The number of carbonyl (C=O) groups excluding carboxylic acids is 1. The van der Waals surface area contributed by atoms with Crippen LogP contribution >= 0.6 is 12.6 Å². The van der Waals surface area contributed by atoms with Gasteiger partial charge in [-0.15, -0.1) is 0 Å². The van der Waals surface area contributed by atoms with Crippen molar-refractivity contribution in [2.75, 3.05) is 12.4 Å². The summed E-state index contributed by atoms with van der Waals surface area (Å²) < 4.78 is 7.03. The van der Waals surface area contributed by atoms with Crippen molar-refractivity contribution in [1.29, 1.82) is 0 Å². The molecule has 70 valence electrons. The Bertz CT molecular complexity index is 332. The molecule has 0 amide bonds. The smallest absolute Gasteiger partial charge is 0.231 e. The molecular formula is C9H11NO2S. The van der Waals surface area contributed by atoms with Crippen LogP contribution in [-0.4, -0.2) is 22.8 Å². The second-order valence-corrected chi connectivity index (χ2v) is 3.45. The molecule has 0 spiro atoms. The van der Waals surface area contributed by atoms with Gasteiger partial charge in [-0.3, -0.25) is 9.36 Å². The van der Waals surface area contributed by atoms with Gasteiger partial charge in [0.05, 0.1) is 12.8 Å². The average Bonchev–Trinajstić information content (AvgIpc) is 2.65. The molecule has 0 bridgehead atoms. The molecule has 0 atom stereocenters. The number of thiol groups is 1. The van der Waals surface area contributed by atoms with E-state index >= 15 is 0 Å². The Morgan fingerprint density at radius 3 is 3.08 bits per heavy atom. The molecule has 1 aliphatic heterocycles. The van der Waals surface area contributed by atoms with Gasteiger partial charge >= 0.3 is 0 Å². The Hall–Kier alpha value is -0.900. The SMILES string of the molecule is O=C1CCc2cc(OCCS)cn21. The number of carbonyl (C=O) groups is 1. The number of hydrogen-bond donors (Lipinski definition) is 1. The van der Waals surface area contributed by atoms with Crippen molar-refractivity contribution in [2.24, 2.45) is 0 Å². The van der Waals surface area contributed by atoms with E-state index in [9.17, 15) is 4.79 Å². The quantitative estimate of drug-likeness (QED) is 0.742. The lowest BCUT2D eigenvalue weighted by atomic mass is 10.3. The Kier molecular flexibility index (Phi) is 2.31. The van der Waals surface area contributed by atoms with Crippen LogP contribution in [0.15, 0.2) is 12.3 Å². The first-order valence-corrected chi connectivity index (χ1v) is 4.92. The zero-order chi connectivity index (χ0) is 9.26. The molecular weight excluding hydrogens is 186 g/mol. The van der Waals surface area contributed by atoms with E-state index in [1.807, 2.05) is 6.07 Å². The third-order valence-electron chi connectivity index (χ3n) is 2.10. The summed E-state index contributed by atoms with van der Waals surface area (Å²) in [6.45, 7) is 0.584. The number of aryl methyl sites for hydroxylation is 1. The van der Waals surface area contributed by atoms with Gasteiger partial charge < -0.3 is 4.74 Å². The second-order valence-electron chi connectivity index (χ2n) is 3.00. The van der Waals surface area contributed by atoms with E-state index in [0.717, 1.165) is 17.9 Å². The zero-order valence-corrected chi connectivity index (χ0v) is 8.09. The van der Waals surface area contributed by atoms with Gasteiger partial charge in [0.1, 0.15) is 5.75 Å². The fraction of sp³-hybridized carbons (Fsp3) is 0.444. The topological polar surface area (TPSA) is 31.2 Å². The van der Waals surface area contributed by atoms with Gasteiger partial charge in [-0.1, -0.05) is 0 Å². The summed E-state index contributed by atoms with van der Waals surface area (Å²) in [4.78, 5) is 11.2. The van der Waals surface area contributed by atoms with Crippen LogP contribution in [0.25, 0.3) is 0 Å². The highest BCUT2D eigenvalue weighted by Crippen LogP contribution is 2.22. The third-order valence-corrected chi connectivity index (χ3v) is 2.28. The predicted molar refractivity (Wildman–Crippen MR) is 52.7 cm³/mol. The summed E-state index contributed by atoms with van der Waals surface area (Å²) in [6, 6.07) is 1.92. The molecule has 2 rings (SSSR count). The molecule has 13 heavy (non-hydrogen) atoms. The Morgan fingerprint density at radius 1 is 1.54 bits per heavy atom. The van der Waals surface area contributed by atoms with E-state index in [1.54, 1.807) is 10.8 Å². The van der Waals surface area contributed by atoms with Crippen LogP contribution in [0.5, 0.6) is 5.75 Å². The maximum absolute atomic E-state index is 11.2. The van der Waals surface area contributed by atoms with E-state index in [4.69, 9.17) is 4.74 Å². The predicted octanol–water partition coefficient (Wildman–Crippen LogP) is 1.38. The summed E-state index contributed by atoms with van der Waals surface area (Å²) in [7, 11) is 0. The lowest BCUT2D eigenvalue weighted by Crippen LogP contribution is -2.02.